The summed E-state index contributed by atoms with van der Waals surface area (Å²) in [6.07, 6.45) is 0.889. The summed E-state index contributed by atoms with van der Waals surface area (Å²) in [6.45, 7) is 1.82. The number of halogens is 1. The molecule has 7 heteroatoms. The van der Waals surface area contributed by atoms with Gasteiger partial charge in [0.25, 0.3) is 5.56 Å². The first-order valence-corrected chi connectivity index (χ1v) is 9.14. The van der Waals surface area contributed by atoms with Crippen molar-refractivity contribution >= 4 is 17.4 Å². The van der Waals surface area contributed by atoms with Gasteiger partial charge in [-0.3, -0.25) is 14.7 Å². The molecule has 2 aromatic carbocycles. The van der Waals surface area contributed by atoms with Crippen molar-refractivity contribution in [1.82, 2.24) is 14.5 Å². The van der Waals surface area contributed by atoms with Crippen molar-refractivity contribution in [2.45, 2.75) is 13.0 Å². The second-order valence-electron chi connectivity index (χ2n) is 6.50. The SMILES string of the molecule is O=c1[nH]c(=O)n(-c2ccccc2Cl)c2c1CN(CCc1ccccc1)CN2. The maximum absolute atomic E-state index is 12.5. The van der Waals surface area contributed by atoms with E-state index in [2.05, 4.69) is 27.3 Å². The summed E-state index contributed by atoms with van der Waals surface area (Å²) in [5.74, 6) is 0.507. The third kappa shape index (κ3) is 3.54. The van der Waals surface area contributed by atoms with Crippen LogP contribution in [0.25, 0.3) is 5.69 Å². The first kappa shape index (κ1) is 17.6. The number of rotatable bonds is 4. The summed E-state index contributed by atoms with van der Waals surface area (Å²) in [5, 5.41) is 3.68. The van der Waals surface area contributed by atoms with E-state index in [9.17, 15) is 9.59 Å². The van der Waals surface area contributed by atoms with Crippen molar-refractivity contribution in [3.05, 3.63) is 91.6 Å². The number of aromatic amines is 1. The normalized spacial score (nSPS) is 13.8. The van der Waals surface area contributed by atoms with Gasteiger partial charge in [-0.15, -0.1) is 0 Å². The molecule has 0 atom stereocenters. The Bertz CT molecular complexity index is 1080. The minimum Gasteiger partial charge on any atom is -0.358 e. The molecule has 0 fully saturated rings. The number of fused-ring (bicyclic) bond motifs is 1. The van der Waals surface area contributed by atoms with Crippen molar-refractivity contribution in [3.63, 3.8) is 0 Å². The Morgan fingerprint density at radius 2 is 1.74 bits per heavy atom. The Labute approximate surface area is 161 Å². The van der Waals surface area contributed by atoms with E-state index in [1.54, 1.807) is 24.3 Å². The number of nitrogens with one attached hydrogen (secondary N) is 2. The summed E-state index contributed by atoms with van der Waals surface area (Å²) in [7, 11) is 0. The van der Waals surface area contributed by atoms with Gasteiger partial charge in [-0.2, -0.15) is 0 Å². The Morgan fingerprint density at radius 1 is 1.00 bits per heavy atom. The molecule has 2 N–H and O–H groups in total. The highest BCUT2D eigenvalue weighted by atomic mass is 35.5. The fourth-order valence-corrected chi connectivity index (χ4v) is 3.54. The molecule has 2 heterocycles. The highest BCUT2D eigenvalue weighted by molar-refractivity contribution is 6.32. The first-order valence-electron chi connectivity index (χ1n) is 8.77. The van der Waals surface area contributed by atoms with Gasteiger partial charge in [0.1, 0.15) is 5.82 Å². The molecule has 0 saturated heterocycles. The summed E-state index contributed by atoms with van der Waals surface area (Å²) in [5.41, 5.74) is 1.46. The van der Waals surface area contributed by atoms with Crippen LogP contribution in [0.5, 0.6) is 0 Å². The van der Waals surface area contributed by atoms with E-state index in [1.807, 2.05) is 18.2 Å². The van der Waals surface area contributed by atoms with Gasteiger partial charge in [0.2, 0.25) is 0 Å². The maximum Gasteiger partial charge on any atom is 0.334 e. The summed E-state index contributed by atoms with van der Waals surface area (Å²) >= 11 is 6.27. The van der Waals surface area contributed by atoms with Gasteiger partial charge in [0, 0.05) is 13.1 Å². The average Bonchev–Trinajstić information content (AvgIpc) is 2.69. The number of benzene rings is 2. The molecule has 0 radical (unpaired) electrons. The molecule has 4 rings (SSSR count). The quantitative estimate of drug-likeness (QED) is 0.727. The van der Waals surface area contributed by atoms with E-state index < -0.39 is 5.69 Å². The fraction of sp³-hybridized carbons (Fsp3) is 0.200. The van der Waals surface area contributed by atoms with Crippen LogP contribution in [0.15, 0.2) is 64.2 Å². The molecule has 1 aliphatic rings. The van der Waals surface area contributed by atoms with Crippen LogP contribution in [-0.4, -0.2) is 27.7 Å². The van der Waals surface area contributed by atoms with Gasteiger partial charge in [-0.05, 0) is 24.1 Å². The van der Waals surface area contributed by atoms with Crippen LogP contribution >= 0.6 is 11.6 Å². The number of anilines is 1. The lowest BCUT2D eigenvalue weighted by Gasteiger charge is -2.30. The number of hydrogen-bond donors (Lipinski definition) is 2. The monoisotopic (exact) mass is 382 g/mol. The van der Waals surface area contributed by atoms with Gasteiger partial charge >= 0.3 is 5.69 Å². The molecule has 27 heavy (non-hydrogen) atoms. The lowest BCUT2D eigenvalue weighted by molar-refractivity contribution is 0.275. The molecule has 0 bridgehead atoms. The molecule has 6 nitrogen and oxygen atoms in total. The number of H-pyrrole nitrogens is 1. The largest absolute Gasteiger partial charge is 0.358 e. The second-order valence-corrected chi connectivity index (χ2v) is 6.90. The second kappa shape index (κ2) is 7.42. The summed E-state index contributed by atoms with van der Waals surface area (Å²) < 4.78 is 1.44. The van der Waals surface area contributed by atoms with E-state index >= 15 is 0 Å². The predicted octanol–water partition coefficient (Wildman–Crippen LogP) is 2.61. The predicted molar refractivity (Wildman–Crippen MR) is 107 cm³/mol. The zero-order valence-electron chi connectivity index (χ0n) is 14.6. The Balaban J connectivity index is 1.64. The molecule has 1 aromatic heterocycles. The standard InChI is InChI=1S/C20H19ClN4O2/c21-16-8-4-5-9-17(16)25-18-15(19(26)23-20(25)27)12-24(13-22-18)11-10-14-6-2-1-3-7-14/h1-9,22H,10-13H2,(H,23,26,27). The lowest BCUT2D eigenvalue weighted by Crippen LogP contribution is -2.43. The van der Waals surface area contributed by atoms with E-state index in [0.29, 0.717) is 35.3 Å². The molecule has 138 valence electrons. The lowest BCUT2D eigenvalue weighted by atomic mass is 10.1. The number of aromatic nitrogens is 2. The fourth-order valence-electron chi connectivity index (χ4n) is 3.32. The van der Waals surface area contributed by atoms with E-state index in [0.717, 1.165) is 13.0 Å². The van der Waals surface area contributed by atoms with Crippen LogP contribution in [0.1, 0.15) is 11.1 Å². The third-order valence-electron chi connectivity index (χ3n) is 4.71. The van der Waals surface area contributed by atoms with Gasteiger partial charge in [-0.25, -0.2) is 9.36 Å². The third-order valence-corrected chi connectivity index (χ3v) is 5.03. The number of hydrogen-bond acceptors (Lipinski definition) is 4. The zero-order valence-corrected chi connectivity index (χ0v) is 15.4. The molecule has 0 spiro atoms. The molecule has 0 amide bonds. The Morgan fingerprint density at radius 3 is 2.52 bits per heavy atom. The van der Waals surface area contributed by atoms with Crippen molar-refractivity contribution in [2.24, 2.45) is 0 Å². The van der Waals surface area contributed by atoms with Gasteiger partial charge in [-0.1, -0.05) is 54.1 Å². The molecule has 0 unspecified atom stereocenters. The Hall–Kier alpha value is -2.83. The van der Waals surface area contributed by atoms with Crippen molar-refractivity contribution in [2.75, 3.05) is 18.5 Å². The first-order chi connectivity index (χ1) is 13.1. The zero-order chi connectivity index (χ0) is 18.8. The van der Waals surface area contributed by atoms with E-state index in [-0.39, 0.29) is 5.56 Å². The summed E-state index contributed by atoms with van der Waals surface area (Å²) in [6, 6.07) is 17.3. The average molecular weight is 383 g/mol. The molecule has 1 aliphatic heterocycles. The van der Waals surface area contributed by atoms with Gasteiger partial charge in [0.15, 0.2) is 0 Å². The van der Waals surface area contributed by atoms with Crippen LogP contribution in [-0.2, 0) is 13.0 Å². The number of para-hydroxylation sites is 1. The van der Waals surface area contributed by atoms with Crippen LogP contribution in [0.3, 0.4) is 0 Å². The van der Waals surface area contributed by atoms with Gasteiger partial charge < -0.3 is 5.32 Å². The van der Waals surface area contributed by atoms with Crippen LogP contribution in [0.4, 0.5) is 5.82 Å². The highest BCUT2D eigenvalue weighted by Crippen LogP contribution is 2.25. The smallest absolute Gasteiger partial charge is 0.334 e. The van der Waals surface area contributed by atoms with E-state index in [4.69, 9.17) is 11.6 Å². The molecule has 0 saturated carbocycles. The minimum atomic E-state index is -0.503. The van der Waals surface area contributed by atoms with Crippen LogP contribution < -0.4 is 16.6 Å². The summed E-state index contributed by atoms with van der Waals surface area (Å²) in [4.78, 5) is 29.4. The molecular formula is C20H19ClN4O2. The maximum atomic E-state index is 12.5. The highest BCUT2D eigenvalue weighted by Gasteiger charge is 2.23. The topological polar surface area (TPSA) is 70.1 Å². The van der Waals surface area contributed by atoms with Crippen LogP contribution in [0, 0.1) is 0 Å². The minimum absolute atomic E-state index is 0.366. The van der Waals surface area contributed by atoms with Gasteiger partial charge in [0.05, 0.1) is 22.9 Å². The van der Waals surface area contributed by atoms with Crippen molar-refractivity contribution in [3.8, 4) is 5.69 Å². The Kier molecular flexibility index (Phi) is 4.83. The molecular weight excluding hydrogens is 364 g/mol. The van der Waals surface area contributed by atoms with Crippen LogP contribution in [0.2, 0.25) is 5.02 Å². The van der Waals surface area contributed by atoms with Crippen molar-refractivity contribution in [1.29, 1.82) is 0 Å². The van der Waals surface area contributed by atoms with E-state index in [1.165, 1.54) is 10.1 Å². The molecule has 3 aromatic rings. The molecule has 0 aliphatic carbocycles. The number of nitrogens with zero attached hydrogens (tertiary/aromatic N) is 2. The van der Waals surface area contributed by atoms with Crippen molar-refractivity contribution < 1.29 is 0 Å².